The van der Waals surface area contributed by atoms with Gasteiger partial charge in [0.15, 0.2) is 11.6 Å². The van der Waals surface area contributed by atoms with E-state index in [4.69, 9.17) is 5.73 Å². The predicted molar refractivity (Wildman–Crippen MR) is 78.2 cm³/mol. The van der Waals surface area contributed by atoms with Gasteiger partial charge in [0.2, 0.25) is 11.8 Å². The quantitative estimate of drug-likeness (QED) is 0.623. The number of hydrogen-bond acceptors (Lipinski definition) is 4. The first-order valence-corrected chi connectivity index (χ1v) is 6.90. The van der Waals surface area contributed by atoms with Gasteiger partial charge in [0.05, 0.1) is 0 Å². The average Bonchev–Trinajstić information content (AvgIpc) is 2.46. The topological polar surface area (TPSA) is 78.7 Å². The SMILES string of the molecule is CNC(=O)CC(=O)N1CCN(c2c(F)cc(N)cc2F)CC1. The molecule has 1 saturated heterocycles. The molecule has 0 spiro atoms. The smallest absolute Gasteiger partial charge is 0.232 e. The summed E-state index contributed by atoms with van der Waals surface area (Å²) in [6, 6.07) is 2.14. The lowest BCUT2D eigenvalue weighted by Crippen LogP contribution is -2.50. The molecule has 0 saturated carbocycles. The van der Waals surface area contributed by atoms with Gasteiger partial charge in [0.25, 0.3) is 0 Å². The molecule has 8 heteroatoms. The summed E-state index contributed by atoms with van der Waals surface area (Å²) in [4.78, 5) is 26.1. The van der Waals surface area contributed by atoms with Gasteiger partial charge in [-0.3, -0.25) is 9.59 Å². The minimum absolute atomic E-state index is 0.0261. The Labute approximate surface area is 126 Å². The van der Waals surface area contributed by atoms with Gasteiger partial charge in [-0.05, 0) is 12.1 Å². The second-order valence-electron chi connectivity index (χ2n) is 5.05. The molecule has 1 heterocycles. The Kier molecular flexibility index (Phi) is 4.79. The Bertz CT molecular complexity index is 563. The van der Waals surface area contributed by atoms with Crippen LogP contribution < -0.4 is 16.0 Å². The number of rotatable bonds is 3. The van der Waals surface area contributed by atoms with Crippen LogP contribution in [-0.2, 0) is 9.59 Å². The van der Waals surface area contributed by atoms with Crippen LogP contribution in [-0.4, -0.2) is 49.9 Å². The van der Waals surface area contributed by atoms with Gasteiger partial charge in [-0.2, -0.15) is 0 Å². The summed E-state index contributed by atoms with van der Waals surface area (Å²) in [6.07, 6.45) is -0.221. The van der Waals surface area contributed by atoms with Crippen molar-refractivity contribution in [3.8, 4) is 0 Å². The summed E-state index contributed by atoms with van der Waals surface area (Å²) < 4.78 is 27.7. The van der Waals surface area contributed by atoms with E-state index in [2.05, 4.69) is 5.32 Å². The van der Waals surface area contributed by atoms with Crippen LogP contribution in [0.4, 0.5) is 20.2 Å². The maximum atomic E-state index is 13.9. The highest BCUT2D eigenvalue weighted by molar-refractivity contribution is 5.96. The molecule has 1 aliphatic heterocycles. The maximum absolute atomic E-state index is 13.9. The van der Waals surface area contributed by atoms with Crippen molar-refractivity contribution in [3.63, 3.8) is 0 Å². The van der Waals surface area contributed by atoms with E-state index < -0.39 is 11.6 Å². The largest absolute Gasteiger partial charge is 0.399 e. The first-order valence-electron chi connectivity index (χ1n) is 6.90. The normalized spacial score (nSPS) is 14.9. The number of anilines is 2. The molecule has 22 heavy (non-hydrogen) atoms. The minimum Gasteiger partial charge on any atom is -0.399 e. The van der Waals surface area contributed by atoms with Gasteiger partial charge in [-0.25, -0.2) is 8.78 Å². The van der Waals surface area contributed by atoms with E-state index >= 15 is 0 Å². The second kappa shape index (κ2) is 6.59. The van der Waals surface area contributed by atoms with Crippen LogP contribution in [0.2, 0.25) is 0 Å². The zero-order valence-corrected chi connectivity index (χ0v) is 12.2. The van der Waals surface area contributed by atoms with Crippen molar-refractivity contribution in [3.05, 3.63) is 23.8 Å². The van der Waals surface area contributed by atoms with Crippen molar-refractivity contribution >= 4 is 23.2 Å². The fourth-order valence-electron chi connectivity index (χ4n) is 2.40. The number of nitrogens with zero attached hydrogens (tertiary/aromatic N) is 2. The van der Waals surface area contributed by atoms with E-state index in [0.717, 1.165) is 12.1 Å². The Balaban J connectivity index is 2.01. The molecule has 0 unspecified atom stereocenters. The highest BCUT2D eigenvalue weighted by Gasteiger charge is 2.25. The molecule has 0 bridgehead atoms. The number of hydrogen-bond donors (Lipinski definition) is 2. The number of benzene rings is 1. The number of carbonyl (C=O) groups is 2. The van der Waals surface area contributed by atoms with E-state index in [9.17, 15) is 18.4 Å². The van der Waals surface area contributed by atoms with Crippen molar-refractivity contribution in [2.45, 2.75) is 6.42 Å². The number of halogens is 2. The molecule has 3 N–H and O–H groups in total. The first-order chi connectivity index (χ1) is 10.4. The molecule has 6 nitrogen and oxygen atoms in total. The number of nitrogens with one attached hydrogen (secondary N) is 1. The van der Waals surface area contributed by atoms with Crippen LogP contribution in [0.3, 0.4) is 0 Å². The molecule has 0 atom stereocenters. The van der Waals surface area contributed by atoms with Gasteiger partial charge >= 0.3 is 0 Å². The highest BCUT2D eigenvalue weighted by atomic mass is 19.1. The zero-order chi connectivity index (χ0) is 16.3. The van der Waals surface area contributed by atoms with E-state index in [-0.39, 0.29) is 42.7 Å². The lowest BCUT2D eigenvalue weighted by molar-refractivity contribution is -0.136. The van der Waals surface area contributed by atoms with Gasteiger partial charge in [0.1, 0.15) is 12.1 Å². The van der Waals surface area contributed by atoms with Gasteiger partial charge in [-0.15, -0.1) is 0 Å². The Morgan fingerprint density at radius 3 is 2.23 bits per heavy atom. The molecule has 1 aromatic rings. The summed E-state index contributed by atoms with van der Waals surface area (Å²) in [6.45, 7) is 1.19. The lowest BCUT2D eigenvalue weighted by atomic mass is 10.2. The van der Waals surface area contributed by atoms with Crippen LogP contribution in [0, 0.1) is 11.6 Å². The summed E-state index contributed by atoms with van der Waals surface area (Å²) in [7, 11) is 1.46. The maximum Gasteiger partial charge on any atom is 0.232 e. The molecule has 120 valence electrons. The molecule has 0 radical (unpaired) electrons. The number of piperazine rings is 1. The molecule has 0 aliphatic carbocycles. The standard InChI is InChI=1S/C14H18F2N4O2/c1-18-12(21)8-13(22)19-2-4-20(5-3-19)14-10(15)6-9(17)7-11(14)16/h6-7H,2-5,8,17H2,1H3,(H,18,21). The van der Waals surface area contributed by atoms with Crippen LogP contribution in [0.25, 0.3) is 0 Å². The Hall–Kier alpha value is -2.38. The van der Waals surface area contributed by atoms with Crippen molar-refractivity contribution in [1.82, 2.24) is 10.2 Å². The Morgan fingerprint density at radius 1 is 1.18 bits per heavy atom. The summed E-state index contributed by atoms with van der Waals surface area (Å²) in [5.74, 6) is -2.09. The first kappa shape index (κ1) is 16.0. The van der Waals surface area contributed by atoms with E-state index in [1.807, 2.05) is 0 Å². The molecular formula is C14H18F2N4O2. The highest BCUT2D eigenvalue weighted by Crippen LogP contribution is 2.26. The fourth-order valence-corrected chi connectivity index (χ4v) is 2.40. The summed E-state index contributed by atoms with van der Waals surface area (Å²) >= 11 is 0. The molecule has 2 amide bonds. The second-order valence-corrected chi connectivity index (χ2v) is 5.05. The third-order valence-electron chi connectivity index (χ3n) is 3.58. The minimum atomic E-state index is -0.720. The number of nitrogen functional groups attached to an aromatic ring is 1. The van der Waals surface area contributed by atoms with E-state index in [1.165, 1.54) is 16.8 Å². The molecule has 0 aromatic heterocycles. The fraction of sp³-hybridized carbons (Fsp3) is 0.429. The number of amides is 2. The molecular weight excluding hydrogens is 294 g/mol. The van der Waals surface area contributed by atoms with Crippen LogP contribution in [0.5, 0.6) is 0 Å². The van der Waals surface area contributed by atoms with Crippen molar-refractivity contribution in [1.29, 1.82) is 0 Å². The molecule has 2 rings (SSSR count). The summed E-state index contributed by atoms with van der Waals surface area (Å²) in [5.41, 5.74) is 5.28. The number of nitrogens with two attached hydrogens (primary N) is 1. The van der Waals surface area contributed by atoms with E-state index in [1.54, 1.807) is 0 Å². The average molecular weight is 312 g/mol. The van der Waals surface area contributed by atoms with Gasteiger partial charge in [-0.1, -0.05) is 0 Å². The van der Waals surface area contributed by atoms with Crippen molar-refractivity contribution in [2.75, 3.05) is 43.9 Å². The Morgan fingerprint density at radius 2 is 1.73 bits per heavy atom. The predicted octanol–water partition coefficient (Wildman–Crippen LogP) is 0.332. The van der Waals surface area contributed by atoms with Crippen molar-refractivity contribution in [2.24, 2.45) is 0 Å². The monoisotopic (exact) mass is 312 g/mol. The van der Waals surface area contributed by atoms with Crippen LogP contribution in [0.1, 0.15) is 6.42 Å². The third kappa shape index (κ3) is 3.44. The van der Waals surface area contributed by atoms with Gasteiger partial charge in [0, 0.05) is 38.9 Å². The van der Waals surface area contributed by atoms with E-state index in [0.29, 0.717) is 13.1 Å². The zero-order valence-electron chi connectivity index (χ0n) is 12.2. The molecule has 1 aromatic carbocycles. The lowest BCUT2D eigenvalue weighted by Gasteiger charge is -2.36. The third-order valence-corrected chi connectivity index (χ3v) is 3.58. The number of carbonyl (C=O) groups excluding carboxylic acids is 2. The van der Waals surface area contributed by atoms with Crippen LogP contribution in [0.15, 0.2) is 12.1 Å². The molecule has 1 aliphatic rings. The van der Waals surface area contributed by atoms with Crippen molar-refractivity contribution < 1.29 is 18.4 Å². The molecule has 1 fully saturated rings. The summed E-state index contributed by atoms with van der Waals surface area (Å²) in [5, 5.41) is 2.38. The van der Waals surface area contributed by atoms with Crippen LogP contribution >= 0.6 is 0 Å². The van der Waals surface area contributed by atoms with Gasteiger partial charge < -0.3 is 20.9 Å².